The van der Waals surface area contributed by atoms with Gasteiger partial charge in [0.2, 0.25) is 0 Å². The highest BCUT2D eigenvalue weighted by atomic mass is 16.2. The van der Waals surface area contributed by atoms with E-state index in [9.17, 15) is 4.79 Å². The lowest BCUT2D eigenvalue weighted by Gasteiger charge is -2.11. The fourth-order valence-corrected chi connectivity index (χ4v) is 1.67. The van der Waals surface area contributed by atoms with Crippen molar-refractivity contribution in [2.24, 2.45) is 5.10 Å². The summed E-state index contributed by atoms with van der Waals surface area (Å²) < 4.78 is 0. The Bertz CT molecular complexity index is 489. The minimum atomic E-state index is -0.0811. The third-order valence-electron chi connectivity index (χ3n) is 2.45. The van der Waals surface area contributed by atoms with E-state index in [0.29, 0.717) is 5.57 Å². The first-order valence-corrected chi connectivity index (χ1v) is 5.43. The summed E-state index contributed by atoms with van der Waals surface area (Å²) in [7, 11) is 3.78. The molecule has 0 saturated heterocycles. The van der Waals surface area contributed by atoms with Gasteiger partial charge in [-0.2, -0.15) is 10.1 Å². The van der Waals surface area contributed by atoms with Crippen LogP contribution in [0.5, 0.6) is 0 Å². The standard InChI is InChI=1S/C13H15N3O/c1-10-12(9-15(2)3)13(17)16(14-10)11-7-5-4-6-8-11/h4-9H,1-3H3/b12-9+. The number of amides is 1. The summed E-state index contributed by atoms with van der Waals surface area (Å²) in [4.78, 5) is 14.0. The molecule has 1 aliphatic heterocycles. The molecule has 0 spiro atoms. The highest BCUT2D eigenvalue weighted by molar-refractivity contribution is 6.29. The van der Waals surface area contributed by atoms with Gasteiger partial charge in [-0.3, -0.25) is 4.79 Å². The molecule has 1 aromatic carbocycles. The fourth-order valence-electron chi connectivity index (χ4n) is 1.67. The molecule has 1 aromatic rings. The van der Waals surface area contributed by atoms with Crippen LogP contribution >= 0.6 is 0 Å². The van der Waals surface area contributed by atoms with Crippen molar-refractivity contribution in [2.45, 2.75) is 6.92 Å². The van der Waals surface area contributed by atoms with Crippen molar-refractivity contribution >= 4 is 17.3 Å². The third-order valence-corrected chi connectivity index (χ3v) is 2.45. The first-order chi connectivity index (χ1) is 8.09. The van der Waals surface area contributed by atoms with Crippen molar-refractivity contribution < 1.29 is 4.79 Å². The van der Waals surface area contributed by atoms with Crippen LogP contribution in [0, 0.1) is 0 Å². The molecule has 1 aliphatic rings. The molecule has 0 aliphatic carbocycles. The number of hydrazone groups is 1. The summed E-state index contributed by atoms with van der Waals surface area (Å²) in [5.74, 6) is -0.0811. The van der Waals surface area contributed by atoms with Gasteiger partial charge in [0.1, 0.15) is 0 Å². The van der Waals surface area contributed by atoms with Gasteiger partial charge in [0.25, 0.3) is 5.91 Å². The van der Waals surface area contributed by atoms with E-state index in [2.05, 4.69) is 5.10 Å². The van der Waals surface area contributed by atoms with E-state index in [4.69, 9.17) is 0 Å². The van der Waals surface area contributed by atoms with Gasteiger partial charge in [0.15, 0.2) is 0 Å². The fraction of sp³-hybridized carbons (Fsp3) is 0.231. The highest BCUT2D eigenvalue weighted by Crippen LogP contribution is 2.22. The molecule has 2 rings (SSSR count). The van der Waals surface area contributed by atoms with Crippen LogP contribution in [-0.4, -0.2) is 30.6 Å². The Kier molecular flexibility index (Phi) is 2.95. The van der Waals surface area contributed by atoms with Gasteiger partial charge in [0, 0.05) is 20.3 Å². The SMILES string of the molecule is CC1=NN(c2ccccc2)C(=O)/C1=C/N(C)C. The summed E-state index contributed by atoms with van der Waals surface area (Å²) in [5.41, 5.74) is 2.17. The molecule has 4 nitrogen and oxygen atoms in total. The van der Waals surface area contributed by atoms with Crippen LogP contribution in [-0.2, 0) is 4.79 Å². The molecule has 1 heterocycles. The number of anilines is 1. The number of rotatable bonds is 2. The normalized spacial score (nSPS) is 17.6. The molecule has 0 radical (unpaired) electrons. The second-order valence-corrected chi connectivity index (χ2v) is 4.14. The molecule has 0 saturated carbocycles. The average Bonchev–Trinajstić information content (AvgIpc) is 2.58. The van der Waals surface area contributed by atoms with E-state index < -0.39 is 0 Å². The maximum Gasteiger partial charge on any atom is 0.282 e. The van der Waals surface area contributed by atoms with Gasteiger partial charge in [-0.25, -0.2) is 0 Å². The quantitative estimate of drug-likeness (QED) is 0.726. The lowest BCUT2D eigenvalue weighted by Crippen LogP contribution is -2.22. The Morgan fingerprint density at radius 2 is 1.88 bits per heavy atom. The number of hydrogen-bond acceptors (Lipinski definition) is 3. The molecule has 0 aromatic heterocycles. The van der Waals surface area contributed by atoms with Crippen LogP contribution in [0.25, 0.3) is 0 Å². The predicted molar refractivity (Wildman–Crippen MR) is 68.8 cm³/mol. The molecular weight excluding hydrogens is 214 g/mol. The molecule has 0 fully saturated rings. The largest absolute Gasteiger partial charge is 0.383 e. The van der Waals surface area contributed by atoms with E-state index in [0.717, 1.165) is 11.4 Å². The minimum Gasteiger partial charge on any atom is -0.383 e. The summed E-state index contributed by atoms with van der Waals surface area (Å²) in [6, 6.07) is 9.43. The second-order valence-electron chi connectivity index (χ2n) is 4.14. The van der Waals surface area contributed by atoms with Gasteiger partial charge in [0.05, 0.1) is 17.0 Å². The third kappa shape index (κ3) is 2.20. The number of carbonyl (C=O) groups is 1. The van der Waals surface area contributed by atoms with E-state index in [1.165, 1.54) is 5.01 Å². The van der Waals surface area contributed by atoms with Crippen molar-refractivity contribution in [3.05, 3.63) is 42.1 Å². The van der Waals surface area contributed by atoms with Gasteiger partial charge in [-0.05, 0) is 19.1 Å². The number of carbonyl (C=O) groups excluding carboxylic acids is 1. The minimum absolute atomic E-state index is 0.0811. The zero-order valence-corrected chi connectivity index (χ0v) is 10.2. The van der Waals surface area contributed by atoms with Crippen LogP contribution in [0.1, 0.15) is 6.92 Å². The van der Waals surface area contributed by atoms with Gasteiger partial charge in [-0.15, -0.1) is 0 Å². The van der Waals surface area contributed by atoms with E-state index in [1.54, 1.807) is 6.20 Å². The van der Waals surface area contributed by atoms with E-state index in [-0.39, 0.29) is 5.91 Å². The lowest BCUT2D eigenvalue weighted by molar-refractivity contribution is -0.114. The average molecular weight is 229 g/mol. The second kappa shape index (κ2) is 4.41. The molecule has 0 N–H and O–H groups in total. The Morgan fingerprint density at radius 3 is 2.47 bits per heavy atom. The predicted octanol–water partition coefficient (Wildman–Crippen LogP) is 1.85. The van der Waals surface area contributed by atoms with Crippen molar-refractivity contribution in [3.8, 4) is 0 Å². The highest BCUT2D eigenvalue weighted by Gasteiger charge is 2.28. The monoisotopic (exact) mass is 229 g/mol. The van der Waals surface area contributed by atoms with Gasteiger partial charge in [-0.1, -0.05) is 18.2 Å². The Labute approximate surface area is 101 Å². The topological polar surface area (TPSA) is 35.9 Å². The van der Waals surface area contributed by atoms with Gasteiger partial charge >= 0.3 is 0 Å². The molecule has 0 unspecified atom stereocenters. The number of para-hydroxylation sites is 1. The molecule has 1 amide bonds. The Balaban J connectivity index is 2.34. The molecule has 17 heavy (non-hydrogen) atoms. The van der Waals surface area contributed by atoms with Crippen LogP contribution in [0.2, 0.25) is 0 Å². The summed E-state index contributed by atoms with van der Waals surface area (Å²) in [6.07, 6.45) is 1.80. The molecule has 4 heteroatoms. The first kappa shape index (κ1) is 11.4. The maximum atomic E-state index is 12.2. The van der Waals surface area contributed by atoms with E-state index >= 15 is 0 Å². The van der Waals surface area contributed by atoms with Crippen molar-refractivity contribution in [2.75, 3.05) is 19.1 Å². The zero-order valence-electron chi connectivity index (χ0n) is 10.2. The number of nitrogens with zero attached hydrogens (tertiary/aromatic N) is 3. The lowest BCUT2D eigenvalue weighted by atomic mass is 10.2. The smallest absolute Gasteiger partial charge is 0.282 e. The van der Waals surface area contributed by atoms with Crippen LogP contribution in [0.4, 0.5) is 5.69 Å². The molecule has 88 valence electrons. The number of benzene rings is 1. The summed E-state index contributed by atoms with van der Waals surface area (Å²) in [5, 5.41) is 5.71. The molecular formula is C13H15N3O. The van der Waals surface area contributed by atoms with Crippen LogP contribution in [0.15, 0.2) is 47.2 Å². The molecule has 0 atom stereocenters. The Morgan fingerprint density at radius 1 is 1.24 bits per heavy atom. The molecule has 0 bridgehead atoms. The van der Waals surface area contributed by atoms with Crippen molar-refractivity contribution in [3.63, 3.8) is 0 Å². The Hall–Kier alpha value is -2.10. The van der Waals surface area contributed by atoms with E-state index in [1.807, 2.05) is 56.3 Å². The summed E-state index contributed by atoms with van der Waals surface area (Å²) in [6.45, 7) is 1.84. The summed E-state index contributed by atoms with van der Waals surface area (Å²) >= 11 is 0. The van der Waals surface area contributed by atoms with Crippen molar-refractivity contribution in [1.29, 1.82) is 0 Å². The zero-order chi connectivity index (χ0) is 12.4. The van der Waals surface area contributed by atoms with Crippen molar-refractivity contribution in [1.82, 2.24) is 4.90 Å². The number of hydrogen-bond donors (Lipinski definition) is 0. The maximum absolute atomic E-state index is 12.2. The van der Waals surface area contributed by atoms with Crippen LogP contribution < -0.4 is 5.01 Å². The first-order valence-electron chi connectivity index (χ1n) is 5.43. The van der Waals surface area contributed by atoms with Crippen LogP contribution in [0.3, 0.4) is 0 Å². The van der Waals surface area contributed by atoms with Gasteiger partial charge < -0.3 is 4.90 Å².